The van der Waals surface area contributed by atoms with Crippen LogP contribution >= 0.6 is 0 Å². The lowest BCUT2D eigenvalue weighted by molar-refractivity contribution is -0.141. The molecule has 0 aromatic carbocycles. The van der Waals surface area contributed by atoms with Crippen molar-refractivity contribution in [2.45, 2.75) is 45.5 Å². The molecule has 7 heteroatoms. The third-order valence-electron chi connectivity index (χ3n) is 3.67. The molecule has 0 radical (unpaired) electrons. The number of hydrogen-bond acceptors (Lipinski definition) is 2. The first-order valence-corrected chi connectivity index (χ1v) is 6.91. The van der Waals surface area contributed by atoms with E-state index in [0.29, 0.717) is 24.5 Å². The minimum atomic E-state index is -4.31. The number of nitrogens with one attached hydrogen (secondary N) is 1. The van der Waals surface area contributed by atoms with Crippen LogP contribution in [0.4, 0.5) is 13.2 Å². The summed E-state index contributed by atoms with van der Waals surface area (Å²) in [5, 5.41) is 2.73. The quantitative estimate of drug-likeness (QED) is 0.929. The van der Waals surface area contributed by atoms with Gasteiger partial charge in [-0.05, 0) is 32.8 Å². The summed E-state index contributed by atoms with van der Waals surface area (Å²) in [5.74, 6) is -0.355. The van der Waals surface area contributed by atoms with Crippen LogP contribution < -0.4 is 5.32 Å². The van der Waals surface area contributed by atoms with E-state index in [1.807, 2.05) is 0 Å². The Kier molecular flexibility index (Phi) is 4.61. The van der Waals surface area contributed by atoms with Crippen LogP contribution in [-0.4, -0.2) is 35.9 Å². The Morgan fingerprint density at radius 2 is 2.19 bits per heavy atom. The molecule has 1 amide bonds. The number of amides is 1. The van der Waals surface area contributed by atoms with Crippen LogP contribution in [0.2, 0.25) is 0 Å². The maximum Gasteiger partial charge on any atom is 0.406 e. The van der Waals surface area contributed by atoms with E-state index in [2.05, 4.69) is 5.32 Å². The van der Waals surface area contributed by atoms with E-state index in [1.54, 1.807) is 6.92 Å². The van der Waals surface area contributed by atoms with Gasteiger partial charge < -0.3 is 14.6 Å². The average molecular weight is 304 g/mol. The standard InChI is InChI=1S/C14H19F3N2O2/c1-9-6-12(10(2)19(9)8-14(15,16)17)13(20)18-7-11-4-3-5-21-11/h6,11H,3-5,7-8H2,1-2H3,(H,18,20)/t11-/m0/s1. The van der Waals surface area contributed by atoms with Crippen LogP contribution in [0.25, 0.3) is 0 Å². The number of carbonyl (C=O) groups is 1. The van der Waals surface area contributed by atoms with Crippen LogP contribution in [-0.2, 0) is 11.3 Å². The van der Waals surface area contributed by atoms with Gasteiger partial charge in [0.15, 0.2) is 0 Å². The molecule has 0 aliphatic carbocycles. The average Bonchev–Trinajstić information content (AvgIpc) is 2.98. The van der Waals surface area contributed by atoms with Crippen LogP contribution in [0.3, 0.4) is 0 Å². The smallest absolute Gasteiger partial charge is 0.376 e. The van der Waals surface area contributed by atoms with Crippen molar-refractivity contribution < 1.29 is 22.7 Å². The highest BCUT2D eigenvalue weighted by Gasteiger charge is 2.30. The second-order valence-corrected chi connectivity index (χ2v) is 5.33. The SMILES string of the molecule is Cc1cc(C(=O)NC[C@@H]2CCCO2)c(C)n1CC(F)(F)F. The Morgan fingerprint density at radius 3 is 2.76 bits per heavy atom. The molecule has 0 unspecified atom stereocenters. The highest BCUT2D eigenvalue weighted by atomic mass is 19.4. The summed E-state index contributed by atoms with van der Waals surface area (Å²) in [6.07, 6.45) is -2.43. The number of ether oxygens (including phenoxy) is 1. The number of aromatic nitrogens is 1. The summed E-state index contributed by atoms with van der Waals surface area (Å²) in [6.45, 7) is 3.10. The second-order valence-electron chi connectivity index (χ2n) is 5.33. The van der Waals surface area contributed by atoms with E-state index < -0.39 is 12.7 Å². The lowest BCUT2D eigenvalue weighted by Crippen LogP contribution is -2.32. The first kappa shape index (κ1) is 15.9. The maximum absolute atomic E-state index is 12.5. The topological polar surface area (TPSA) is 43.3 Å². The fourth-order valence-electron chi connectivity index (χ4n) is 2.56. The molecule has 1 atom stereocenters. The molecule has 2 rings (SSSR count). The Bertz CT molecular complexity index is 517. The zero-order chi connectivity index (χ0) is 15.6. The van der Waals surface area contributed by atoms with Gasteiger partial charge in [-0.2, -0.15) is 13.2 Å². The number of halogens is 3. The van der Waals surface area contributed by atoms with Gasteiger partial charge in [0.05, 0.1) is 11.7 Å². The van der Waals surface area contributed by atoms with Crippen molar-refractivity contribution >= 4 is 5.91 Å². The molecule has 0 spiro atoms. The molecule has 4 nitrogen and oxygen atoms in total. The van der Waals surface area contributed by atoms with E-state index in [1.165, 1.54) is 13.0 Å². The first-order chi connectivity index (χ1) is 9.78. The monoisotopic (exact) mass is 304 g/mol. The van der Waals surface area contributed by atoms with Crippen molar-refractivity contribution in [2.75, 3.05) is 13.2 Å². The Hall–Kier alpha value is -1.50. The fourth-order valence-corrected chi connectivity index (χ4v) is 2.56. The minimum absolute atomic E-state index is 0.00705. The third kappa shape index (κ3) is 4.00. The molecule has 1 N–H and O–H groups in total. The number of hydrogen-bond donors (Lipinski definition) is 1. The van der Waals surface area contributed by atoms with Gasteiger partial charge in [-0.15, -0.1) is 0 Å². The second kappa shape index (κ2) is 6.09. The third-order valence-corrected chi connectivity index (χ3v) is 3.67. The lowest BCUT2D eigenvalue weighted by Gasteiger charge is -2.13. The molecule has 0 bridgehead atoms. The van der Waals surface area contributed by atoms with Gasteiger partial charge in [0.25, 0.3) is 5.91 Å². The lowest BCUT2D eigenvalue weighted by atomic mass is 10.2. The molecule has 1 fully saturated rings. The van der Waals surface area contributed by atoms with Crippen molar-refractivity contribution in [3.63, 3.8) is 0 Å². The van der Waals surface area contributed by atoms with Crippen molar-refractivity contribution in [1.82, 2.24) is 9.88 Å². The molecule has 21 heavy (non-hydrogen) atoms. The van der Waals surface area contributed by atoms with Gasteiger partial charge in [0.1, 0.15) is 6.54 Å². The predicted octanol–water partition coefficient (Wildman–Crippen LogP) is 2.58. The van der Waals surface area contributed by atoms with E-state index >= 15 is 0 Å². The Balaban J connectivity index is 2.05. The summed E-state index contributed by atoms with van der Waals surface area (Å²) in [6, 6.07) is 1.49. The molecule has 2 heterocycles. The molecule has 1 aromatic rings. The fraction of sp³-hybridized carbons (Fsp3) is 0.643. The summed E-state index contributed by atoms with van der Waals surface area (Å²) >= 11 is 0. The van der Waals surface area contributed by atoms with Gasteiger partial charge in [-0.1, -0.05) is 0 Å². The predicted molar refractivity (Wildman–Crippen MR) is 71.3 cm³/mol. The highest BCUT2D eigenvalue weighted by molar-refractivity contribution is 5.95. The first-order valence-electron chi connectivity index (χ1n) is 6.91. The van der Waals surface area contributed by atoms with Gasteiger partial charge in [-0.3, -0.25) is 4.79 Å². The summed E-state index contributed by atoms with van der Waals surface area (Å²) < 4.78 is 44.1. The van der Waals surface area contributed by atoms with Gasteiger partial charge >= 0.3 is 6.18 Å². The van der Waals surface area contributed by atoms with Crippen molar-refractivity contribution in [2.24, 2.45) is 0 Å². The van der Waals surface area contributed by atoms with Gasteiger partial charge in [0, 0.05) is 24.5 Å². The summed E-state index contributed by atoms with van der Waals surface area (Å²) in [4.78, 5) is 12.1. The number of nitrogens with zero attached hydrogens (tertiary/aromatic N) is 1. The number of aryl methyl sites for hydroxylation is 1. The van der Waals surface area contributed by atoms with Gasteiger partial charge in [0.2, 0.25) is 0 Å². The van der Waals surface area contributed by atoms with E-state index in [0.717, 1.165) is 17.4 Å². The highest BCUT2D eigenvalue weighted by Crippen LogP contribution is 2.23. The van der Waals surface area contributed by atoms with E-state index in [-0.39, 0.29) is 17.6 Å². The zero-order valence-corrected chi connectivity index (χ0v) is 12.1. The van der Waals surface area contributed by atoms with E-state index in [9.17, 15) is 18.0 Å². The number of alkyl halides is 3. The molecular formula is C14H19F3N2O2. The van der Waals surface area contributed by atoms with Crippen LogP contribution in [0.15, 0.2) is 6.07 Å². The summed E-state index contributed by atoms with van der Waals surface area (Å²) in [7, 11) is 0. The van der Waals surface area contributed by atoms with Gasteiger partial charge in [-0.25, -0.2) is 0 Å². The Labute approximate surface area is 121 Å². The molecule has 1 aliphatic rings. The largest absolute Gasteiger partial charge is 0.406 e. The Morgan fingerprint density at radius 1 is 1.48 bits per heavy atom. The maximum atomic E-state index is 12.5. The molecular weight excluding hydrogens is 285 g/mol. The van der Waals surface area contributed by atoms with Crippen LogP contribution in [0.5, 0.6) is 0 Å². The number of rotatable bonds is 4. The zero-order valence-electron chi connectivity index (χ0n) is 12.1. The van der Waals surface area contributed by atoms with Crippen LogP contribution in [0, 0.1) is 13.8 Å². The molecule has 1 aromatic heterocycles. The van der Waals surface area contributed by atoms with Crippen molar-refractivity contribution in [1.29, 1.82) is 0 Å². The summed E-state index contributed by atoms with van der Waals surface area (Å²) in [5.41, 5.74) is 1.04. The number of carbonyl (C=O) groups excluding carboxylic acids is 1. The minimum Gasteiger partial charge on any atom is -0.376 e. The normalized spacial score (nSPS) is 19.0. The molecule has 1 aliphatic heterocycles. The van der Waals surface area contributed by atoms with Crippen molar-refractivity contribution in [3.8, 4) is 0 Å². The van der Waals surface area contributed by atoms with Crippen molar-refractivity contribution in [3.05, 3.63) is 23.0 Å². The molecule has 1 saturated heterocycles. The molecule has 0 saturated carbocycles. The molecule has 118 valence electrons. The van der Waals surface area contributed by atoms with E-state index in [4.69, 9.17) is 4.74 Å². The van der Waals surface area contributed by atoms with Crippen LogP contribution in [0.1, 0.15) is 34.6 Å².